The fraction of sp³-hybridized carbons (Fsp3) is 0.273. The number of hydrogen-bond acceptors (Lipinski definition) is 1. The molecule has 1 aromatic heterocycles. The molecular weight excluding hydrogens is 275 g/mol. The van der Waals surface area contributed by atoms with E-state index in [1.54, 1.807) is 6.26 Å². The molecule has 0 aliphatic carbocycles. The summed E-state index contributed by atoms with van der Waals surface area (Å²) in [5.74, 6) is 0.557. The van der Waals surface area contributed by atoms with Crippen LogP contribution in [0.25, 0.3) is 11.0 Å². The lowest BCUT2D eigenvalue weighted by Crippen LogP contribution is -1.91. The largest absolute Gasteiger partial charge is 0.463 e. The van der Waals surface area contributed by atoms with Gasteiger partial charge in [-0.15, -0.1) is 0 Å². The quantitative estimate of drug-likeness (QED) is 0.717. The molecule has 1 heterocycles. The zero-order valence-electron chi connectivity index (χ0n) is 7.67. The van der Waals surface area contributed by atoms with E-state index in [1.165, 1.54) is 14.5 Å². The summed E-state index contributed by atoms with van der Waals surface area (Å²) in [6.07, 6.45) is 1.75. The van der Waals surface area contributed by atoms with E-state index in [2.05, 4.69) is 48.6 Å². The number of rotatable bonds is 1. The van der Waals surface area contributed by atoms with E-state index < -0.39 is 0 Å². The van der Waals surface area contributed by atoms with Crippen molar-refractivity contribution in [2.45, 2.75) is 19.8 Å². The lowest BCUT2D eigenvalue weighted by molar-refractivity contribution is 0.612. The van der Waals surface area contributed by atoms with Crippen LogP contribution in [0, 0.1) is 3.57 Å². The molecule has 0 spiro atoms. The molecule has 1 nitrogen and oxygen atoms in total. The highest BCUT2D eigenvalue weighted by Crippen LogP contribution is 2.29. The highest BCUT2D eigenvalue weighted by atomic mass is 127. The molecule has 0 saturated carbocycles. The second-order valence-corrected chi connectivity index (χ2v) is 4.54. The summed E-state index contributed by atoms with van der Waals surface area (Å²) in [6, 6.07) is 6.31. The maximum absolute atomic E-state index is 5.43. The van der Waals surface area contributed by atoms with E-state index in [4.69, 9.17) is 4.42 Å². The second kappa shape index (κ2) is 3.33. The van der Waals surface area contributed by atoms with Gasteiger partial charge in [-0.05, 0) is 40.1 Å². The minimum atomic E-state index is 0.557. The zero-order chi connectivity index (χ0) is 9.42. The van der Waals surface area contributed by atoms with Gasteiger partial charge in [0.2, 0.25) is 0 Å². The molecule has 2 aromatic rings. The summed E-state index contributed by atoms with van der Waals surface area (Å²) >= 11 is 2.36. The standard InChI is InChI=1S/C11H11IO/c1-7(2)9-4-3-8-5-6-13-11(8)10(9)12/h3-7H,1-2H3. The van der Waals surface area contributed by atoms with Gasteiger partial charge in [-0.3, -0.25) is 0 Å². The van der Waals surface area contributed by atoms with Crippen molar-refractivity contribution in [1.82, 2.24) is 0 Å². The summed E-state index contributed by atoms with van der Waals surface area (Å²) < 4.78 is 6.68. The molecule has 68 valence electrons. The summed E-state index contributed by atoms with van der Waals surface area (Å²) in [5.41, 5.74) is 2.38. The SMILES string of the molecule is CC(C)c1ccc2ccoc2c1I. The molecule has 1 aromatic carbocycles. The first-order valence-corrected chi connectivity index (χ1v) is 5.43. The molecule has 0 unspecified atom stereocenters. The number of hydrogen-bond donors (Lipinski definition) is 0. The summed E-state index contributed by atoms with van der Waals surface area (Å²) in [5, 5.41) is 1.19. The zero-order valence-corrected chi connectivity index (χ0v) is 9.83. The van der Waals surface area contributed by atoms with Crippen LogP contribution in [-0.2, 0) is 0 Å². The Morgan fingerprint density at radius 2 is 2.00 bits per heavy atom. The minimum Gasteiger partial charge on any atom is -0.463 e. The predicted octanol–water partition coefficient (Wildman–Crippen LogP) is 4.16. The van der Waals surface area contributed by atoms with E-state index in [0.717, 1.165) is 5.58 Å². The van der Waals surface area contributed by atoms with Gasteiger partial charge in [-0.2, -0.15) is 0 Å². The molecule has 0 aliphatic heterocycles. The van der Waals surface area contributed by atoms with E-state index >= 15 is 0 Å². The Hall–Kier alpha value is -0.510. The Morgan fingerprint density at radius 3 is 2.69 bits per heavy atom. The third kappa shape index (κ3) is 1.47. The van der Waals surface area contributed by atoms with Crippen LogP contribution in [0.5, 0.6) is 0 Å². The van der Waals surface area contributed by atoms with E-state index in [0.29, 0.717) is 5.92 Å². The van der Waals surface area contributed by atoms with Crippen LogP contribution in [0.1, 0.15) is 25.3 Å². The van der Waals surface area contributed by atoms with Crippen LogP contribution < -0.4 is 0 Å². The lowest BCUT2D eigenvalue weighted by atomic mass is 10.0. The normalized spacial score (nSPS) is 11.4. The third-order valence-electron chi connectivity index (χ3n) is 2.21. The summed E-state index contributed by atoms with van der Waals surface area (Å²) in [4.78, 5) is 0. The topological polar surface area (TPSA) is 13.1 Å². The van der Waals surface area contributed by atoms with Crippen molar-refractivity contribution < 1.29 is 4.42 Å². The van der Waals surface area contributed by atoms with Crippen molar-refractivity contribution in [2.24, 2.45) is 0 Å². The summed E-state index contributed by atoms with van der Waals surface area (Å²) in [7, 11) is 0. The molecule has 0 amide bonds. The monoisotopic (exact) mass is 286 g/mol. The highest BCUT2D eigenvalue weighted by molar-refractivity contribution is 14.1. The van der Waals surface area contributed by atoms with Gasteiger partial charge in [0.05, 0.1) is 9.83 Å². The maximum atomic E-state index is 5.43. The van der Waals surface area contributed by atoms with Crippen LogP contribution in [0.2, 0.25) is 0 Å². The second-order valence-electron chi connectivity index (χ2n) is 3.46. The van der Waals surface area contributed by atoms with Gasteiger partial charge in [0.1, 0.15) is 5.58 Å². The number of furan rings is 1. The van der Waals surface area contributed by atoms with E-state index in [1.807, 2.05) is 6.07 Å². The Bertz CT molecular complexity index is 429. The average Bonchev–Trinajstić information content (AvgIpc) is 2.52. The minimum absolute atomic E-state index is 0.557. The van der Waals surface area contributed by atoms with Crippen LogP contribution >= 0.6 is 22.6 Å². The lowest BCUT2D eigenvalue weighted by Gasteiger charge is -2.07. The summed E-state index contributed by atoms with van der Waals surface area (Å²) in [6.45, 7) is 4.40. The van der Waals surface area contributed by atoms with Gasteiger partial charge in [-0.25, -0.2) is 0 Å². The molecule has 2 rings (SSSR count). The molecule has 2 heteroatoms. The third-order valence-corrected chi connectivity index (χ3v) is 3.33. The van der Waals surface area contributed by atoms with Crippen LogP contribution in [-0.4, -0.2) is 0 Å². The first kappa shape index (κ1) is 9.06. The number of fused-ring (bicyclic) bond motifs is 1. The van der Waals surface area contributed by atoms with Crippen molar-refractivity contribution in [3.8, 4) is 0 Å². The molecule has 0 aliphatic rings. The van der Waals surface area contributed by atoms with Crippen LogP contribution in [0.4, 0.5) is 0 Å². The Balaban J connectivity index is 2.73. The first-order chi connectivity index (χ1) is 6.20. The maximum Gasteiger partial charge on any atom is 0.147 e. The predicted molar refractivity (Wildman–Crippen MR) is 63.0 cm³/mol. The number of halogens is 1. The van der Waals surface area contributed by atoms with Crippen LogP contribution in [0.15, 0.2) is 28.9 Å². The van der Waals surface area contributed by atoms with Crippen LogP contribution in [0.3, 0.4) is 0 Å². The van der Waals surface area contributed by atoms with Crippen molar-refractivity contribution in [1.29, 1.82) is 0 Å². The van der Waals surface area contributed by atoms with E-state index in [9.17, 15) is 0 Å². The molecule has 0 radical (unpaired) electrons. The van der Waals surface area contributed by atoms with Crippen molar-refractivity contribution in [3.63, 3.8) is 0 Å². The van der Waals surface area contributed by atoms with E-state index in [-0.39, 0.29) is 0 Å². The Labute approximate surface area is 91.3 Å². The van der Waals surface area contributed by atoms with Crippen molar-refractivity contribution in [3.05, 3.63) is 33.6 Å². The fourth-order valence-electron chi connectivity index (χ4n) is 1.46. The van der Waals surface area contributed by atoms with Gasteiger partial charge < -0.3 is 4.42 Å². The molecular formula is C11H11IO. The first-order valence-electron chi connectivity index (χ1n) is 4.35. The van der Waals surface area contributed by atoms with Crippen molar-refractivity contribution in [2.75, 3.05) is 0 Å². The molecule has 0 saturated heterocycles. The Morgan fingerprint density at radius 1 is 1.23 bits per heavy atom. The Kier molecular flexibility index (Phi) is 2.32. The van der Waals surface area contributed by atoms with Gasteiger partial charge >= 0.3 is 0 Å². The molecule has 0 atom stereocenters. The average molecular weight is 286 g/mol. The van der Waals surface area contributed by atoms with Crippen molar-refractivity contribution >= 4 is 33.6 Å². The smallest absolute Gasteiger partial charge is 0.147 e. The molecule has 13 heavy (non-hydrogen) atoms. The van der Waals surface area contributed by atoms with Gasteiger partial charge in [0, 0.05) is 5.39 Å². The van der Waals surface area contributed by atoms with Gasteiger partial charge in [-0.1, -0.05) is 26.0 Å². The van der Waals surface area contributed by atoms with Gasteiger partial charge in [0.25, 0.3) is 0 Å². The molecule has 0 fully saturated rings. The highest BCUT2D eigenvalue weighted by Gasteiger charge is 2.09. The van der Waals surface area contributed by atoms with Gasteiger partial charge in [0.15, 0.2) is 0 Å². The fourth-order valence-corrected chi connectivity index (χ4v) is 2.70. The molecule has 0 bridgehead atoms. The number of benzene rings is 1. The molecule has 0 N–H and O–H groups in total.